The molecule has 0 saturated carbocycles. The van der Waals surface area contributed by atoms with Crippen molar-refractivity contribution in [2.75, 3.05) is 0 Å². The van der Waals surface area contributed by atoms with Crippen molar-refractivity contribution in [2.24, 2.45) is 0 Å². The molecule has 0 amide bonds. The Morgan fingerprint density at radius 3 is 2.00 bits per heavy atom. The van der Waals surface area contributed by atoms with E-state index in [1.165, 1.54) is 10.8 Å². The fourth-order valence-electron chi connectivity index (χ4n) is 4.11. The van der Waals surface area contributed by atoms with Gasteiger partial charge in [0.05, 0.1) is 15.5 Å². The standard InChI is InChI=1S/C24H15BrN4/c25-19-14-28(16-8-2-1-3-9-16)23-22(19)26-15-27-24(23)29-20-12-6-4-10-17(20)18-11-5-7-13-21(18)29/h1-15H. The molecule has 6 aromatic rings. The van der Waals surface area contributed by atoms with E-state index < -0.39 is 0 Å². The molecule has 0 spiro atoms. The maximum Gasteiger partial charge on any atom is 0.166 e. The van der Waals surface area contributed by atoms with E-state index >= 15 is 0 Å². The highest BCUT2D eigenvalue weighted by molar-refractivity contribution is 9.10. The van der Waals surface area contributed by atoms with Gasteiger partial charge in [-0.3, -0.25) is 4.57 Å². The summed E-state index contributed by atoms with van der Waals surface area (Å²) in [5, 5.41) is 2.43. The predicted molar refractivity (Wildman–Crippen MR) is 121 cm³/mol. The lowest BCUT2D eigenvalue weighted by Crippen LogP contribution is -2.03. The molecule has 5 heteroatoms. The van der Waals surface area contributed by atoms with Crippen LogP contribution in [0.15, 0.2) is 95.9 Å². The van der Waals surface area contributed by atoms with E-state index in [2.05, 4.69) is 96.9 Å². The smallest absolute Gasteiger partial charge is 0.166 e. The molecule has 0 saturated heterocycles. The van der Waals surface area contributed by atoms with Gasteiger partial charge in [0, 0.05) is 22.7 Å². The lowest BCUT2D eigenvalue weighted by atomic mass is 10.2. The summed E-state index contributed by atoms with van der Waals surface area (Å²) in [5.41, 5.74) is 5.19. The van der Waals surface area contributed by atoms with Crippen molar-refractivity contribution in [1.29, 1.82) is 0 Å². The maximum absolute atomic E-state index is 4.76. The summed E-state index contributed by atoms with van der Waals surface area (Å²) in [6, 6.07) is 27.2. The Hall–Kier alpha value is -3.44. The van der Waals surface area contributed by atoms with Gasteiger partial charge in [-0.2, -0.15) is 0 Å². The Morgan fingerprint density at radius 2 is 1.31 bits per heavy atom. The third-order valence-electron chi connectivity index (χ3n) is 5.34. The maximum atomic E-state index is 4.76. The Balaban J connectivity index is 1.80. The Labute approximate surface area is 175 Å². The summed E-state index contributed by atoms with van der Waals surface area (Å²) in [5.74, 6) is 0.863. The van der Waals surface area contributed by atoms with Crippen molar-refractivity contribution in [3.8, 4) is 11.5 Å². The minimum absolute atomic E-state index is 0.863. The average Bonchev–Trinajstić information content (AvgIpc) is 3.30. The predicted octanol–water partition coefficient (Wildman–Crippen LogP) is 6.28. The zero-order valence-electron chi connectivity index (χ0n) is 15.3. The molecule has 3 aromatic heterocycles. The summed E-state index contributed by atoms with van der Waals surface area (Å²) in [4.78, 5) is 9.32. The first kappa shape index (κ1) is 16.5. The molecule has 0 atom stereocenters. The lowest BCUT2D eigenvalue weighted by molar-refractivity contribution is 1.03. The SMILES string of the molecule is Brc1cn(-c2ccccc2)c2c(-n3c4ccccc4c4ccccc43)ncnc12. The molecule has 138 valence electrons. The molecule has 29 heavy (non-hydrogen) atoms. The average molecular weight is 439 g/mol. The normalized spacial score (nSPS) is 11.6. The first-order valence-corrected chi connectivity index (χ1v) is 10.2. The molecule has 0 fully saturated rings. The van der Waals surface area contributed by atoms with Gasteiger partial charge in [-0.05, 0) is 40.2 Å². The third-order valence-corrected chi connectivity index (χ3v) is 5.92. The number of hydrogen-bond donors (Lipinski definition) is 0. The molecule has 0 aliphatic carbocycles. The van der Waals surface area contributed by atoms with Gasteiger partial charge in [0.25, 0.3) is 0 Å². The number of hydrogen-bond acceptors (Lipinski definition) is 2. The number of fused-ring (bicyclic) bond motifs is 4. The quantitative estimate of drug-likeness (QED) is 0.318. The molecular formula is C24H15BrN4. The second-order valence-electron chi connectivity index (χ2n) is 6.95. The van der Waals surface area contributed by atoms with Crippen molar-refractivity contribution in [3.63, 3.8) is 0 Å². The minimum Gasteiger partial charge on any atom is -0.311 e. The van der Waals surface area contributed by atoms with Gasteiger partial charge in [0.2, 0.25) is 0 Å². The van der Waals surface area contributed by atoms with Crippen molar-refractivity contribution in [2.45, 2.75) is 0 Å². The van der Waals surface area contributed by atoms with Crippen LogP contribution in [0.1, 0.15) is 0 Å². The van der Waals surface area contributed by atoms with Crippen LogP contribution in [-0.4, -0.2) is 19.1 Å². The molecule has 3 aromatic carbocycles. The van der Waals surface area contributed by atoms with E-state index in [-0.39, 0.29) is 0 Å². The highest BCUT2D eigenvalue weighted by Gasteiger charge is 2.19. The van der Waals surface area contributed by atoms with Gasteiger partial charge >= 0.3 is 0 Å². The van der Waals surface area contributed by atoms with Gasteiger partial charge in [0.1, 0.15) is 17.4 Å². The second kappa shape index (κ2) is 6.29. The fraction of sp³-hybridized carbons (Fsp3) is 0. The lowest BCUT2D eigenvalue weighted by Gasteiger charge is -2.11. The largest absolute Gasteiger partial charge is 0.311 e. The van der Waals surface area contributed by atoms with E-state index in [0.29, 0.717) is 0 Å². The van der Waals surface area contributed by atoms with Crippen molar-refractivity contribution in [1.82, 2.24) is 19.1 Å². The molecule has 3 heterocycles. The van der Waals surface area contributed by atoms with E-state index in [1.807, 2.05) is 18.2 Å². The number of benzene rings is 3. The minimum atomic E-state index is 0.863. The first-order valence-electron chi connectivity index (χ1n) is 9.38. The van der Waals surface area contributed by atoms with E-state index in [1.54, 1.807) is 6.33 Å². The van der Waals surface area contributed by atoms with Crippen LogP contribution in [0.3, 0.4) is 0 Å². The number of rotatable bonds is 2. The number of para-hydroxylation sites is 3. The van der Waals surface area contributed by atoms with Crippen LogP contribution in [0.4, 0.5) is 0 Å². The summed E-state index contributed by atoms with van der Waals surface area (Å²) >= 11 is 3.69. The first-order chi connectivity index (χ1) is 14.3. The van der Waals surface area contributed by atoms with Crippen LogP contribution in [0.25, 0.3) is 44.3 Å². The van der Waals surface area contributed by atoms with Gasteiger partial charge < -0.3 is 4.57 Å². The van der Waals surface area contributed by atoms with Crippen LogP contribution >= 0.6 is 15.9 Å². The number of aromatic nitrogens is 4. The van der Waals surface area contributed by atoms with Crippen LogP contribution in [-0.2, 0) is 0 Å². The molecule has 4 nitrogen and oxygen atoms in total. The topological polar surface area (TPSA) is 35.6 Å². The fourth-order valence-corrected chi connectivity index (χ4v) is 4.61. The molecule has 0 aliphatic heterocycles. The van der Waals surface area contributed by atoms with Crippen molar-refractivity contribution in [3.05, 3.63) is 95.9 Å². The summed E-state index contributed by atoms with van der Waals surface area (Å²) in [6.45, 7) is 0. The Bertz CT molecular complexity index is 1460. The molecule has 6 rings (SSSR count). The molecule has 0 aliphatic rings. The monoisotopic (exact) mass is 438 g/mol. The van der Waals surface area contributed by atoms with Gasteiger partial charge in [0.15, 0.2) is 5.82 Å². The van der Waals surface area contributed by atoms with Gasteiger partial charge in [-0.25, -0.2) is 9.97 Å². The number of halogens is 1. The van der Waals surface area contributed by atoms with Crippen LogP contribution in [0, 0.1) is 0 Å². The van der Waals surface area contributed by atoms with Crippen LogP contribution in [0.5, 0.6) is 0 Å². The molecular weight excluding hydrogens is 424 g/mol. The summed E-state index contributed by atoms with van der Waals surface area (Å²) in [6.07, 6.45) is 3.70. The van der Waals surface area contributed by atoms with Gasteiger partial charge in [-0.15, -0.1) is 0 Å². The highest BCUT2D eigenvalue weighted by Crippen LogP contribution is 2.36. The summed E-state index contributed by atoms with van der Waals surface area (Å²) < 4.78 is 5.33. The molecule has 0 bridgehead atoms. The molecule has 0 N–H and O–H groups in total. The molecule has 0 unspecified atom stereocenters. The second-order valence-corrected chi connectivity index (χ2v) is 7.80. The third kappa shape index (κ3) is 2.37. The van der Waals surface area contributed by atoms with Crippen molar-refractivity contribution >= 4 is 48.8 Å². The highest BCUT2D eigenvalue weighted by atomic mass is 79.9. The Morgan fingerprint density at radius 1 is 0.690 bits per heavy atom. The van der Waals surface area contributed by atoms with E-state index in [4.69, 9.17) is 4.98 Å². The van der Waals surface area contributed by atoms with E-state index in [9.17, 15) is 0 Å². The van der Waals surface area contributed by atoms with Crippen LogP contribution < -0.4 is 0 Å². The zero-order valence-corrected chi connectivity index (χ0v) is 16.9. The Kier molecular flexibility index (Phi) is 3.58. The van der Waals surface area contributed by atoms with Crippen LogP contribution in [0.2, 0.25) is 0 Å². The molecule has 0 radical (unpaired) electrons. The van der Waals surface area contributed by atoms with Gasteiger partial charge in [-0.1, -0.05) is 54.6 Å². The number of nitrogens with zero attached hydrogens (tertiary/aromatic N) is 4. The van der Waals surface area contributed by atoms with Crippen molar-refractivity contribution < 1.29 is 0 Å². The summed E-state index contributed by atoms with van der Waals surface area (Å²) in [7, 11) is 0. The zero-order chi connectivity index (χ0) is 19.4. The van der Waals surface area contributed by atoms with E-state index in [0.717, 1.165) is 38.0 Å².